The molecule has 2 aromatic rings. The van der Waals surface area contributed by atoms with Crippen molar-refractivity contribution in [2.45, 2.75) is 12.8 Å². The van der Waals surface area contributed by atoms with Crippen LogP contribution in [0.4, 0.5) is 0 Å². The molecule has 0 bridgehead atoms. The largest absolute Gasteiger partial charge is 0.508 e. The maximum atomic E-state index is 9.56. The van der Waals surface area contributed by atoms with Crippen LogP contribution in [-0.4, -0.2) is 5.11 Å². The third-order valence-corrected chi connectivity index (χ3v) is 3.23. The molecule has 17 heavy (non-hydrogen) atoms. The maximum absolute atomic E-state index is 9.56. The Morgan fingerprint density at radius 3 is 2.71 bits per heavy atom. The van der Waals surface area contributed by atoms with E-state index in [0.717, 1.165) is 18.4 Å². The minimum absolute atomic E-state index is 0.325. The molecule has 1 nitrogen and oxygen atoms in total. The van der Waals surface area contributed by atoms with Crippen LogP contribution >= 0.6 is 0 Å². The van der Waals surface area contributed by atoms with Gasteiger partial charge in [0.2, 0.25) is 0 Å². The van der Waals surface area contributed by atoms with E-state index < -0.39 is 0 Å². The van der Waals surface area contributed by atoms with Crippen LogP contribution < -0.4 is 0 Å². The quantitative estimate of drug-likeness (QED) is 0.778. The number of phenols is 1. The van der Waals surface area contributed by atoms with Crippen molar-refractivity contribution in [1.82, 2.24) is 0 Å². The van der Waals surface area contributed by atoms with Crippen molar-refractivity contribution in [1.29, 1.82) is 0 Å². The van der Waals surface area contributed by atoms with Crippen LogP contribution in [0.1, 0.15) is 23.1 Å². The van der Waals surface area contributed by atoms with Gasteiger partial charge in [0.1, 0.15) is 5.75 Å². The molecule has 84 valence electrons. The molecule has 0 amide bonds. The number of fused-ring (bicyclic) bond motifs is 1. The van der Waals surface area contributed by atoms with Crippen molar-refractivity contribution in [2.24, 2.45) is 0 Å². The van der Waals surface area contributed by atoms with Crippen molar-refractivity contribution >= 4 is 5.57 Å². The van der Waals surface area contributed by atoms with Gasteiger partial charge in [-0.3, -0.25) is 0 Å². The van der Waals surface area contributed by atoms with E-state index in [1.807, 2.05) is 18.2 Å². The lowest BCUT2D eigenvalue weighted by atomic mass is 9.87. The fourth-order valence-electron chi connectivity index (χ4n) is 2.43. The third-order valence-electron chi connectivity index (χ3n) is 3.23. The number of allylic oxidation sites excluding steroid dienone is 1. The summed E-state index contributed by atoms with van der Waals surface area (Å²) in [6, 6.07) is 16.0. The highest BCUT2D eigenvalue weighted by atomic mass is 16.3. The molecule has 0 heterocycles. The first-order chi connectivity index (χ1) is 8.34. The Morgan fingerprint density at radius 2 is 1.82 bits per heavy atom. The molecule has 0 radical (unpaired) electrons. The zero-order chi connectivity index (χ0) is 11.7. The molecule has 0 unspecified atom stereocenters. The Bertz CT molecular complexity index is 582. The summed E-state index contributed by atoms with van der Waals surface area (Å²) in [5.41, 5.74) is 5.03. The van der Waals surface area contributed by atoms with E-state index in [1.54, 1.807) is 6.07 Å². The van der Waals surface area contributed by atoms with Crippen LogP contribution in [0, 0.1) is 0 Å². The average molecular weight is 222 g/mol. The van der Waals surface area contributed by atoms with Crippen LogP contribution in [0.5, 0.6) is 5.75 Å². The monoisotopic (exact) mass is 222 g/mol. The van der Waals surface area contributed by atoms with Gasteiger partial charge in [0.25, 0.3) is 0 Å². The van der Waals surface area contributed by atoms with Gasteiger partial charge in [-0.2, -0.15) is 0 Å². The van der Waals surface area contributed by atoms with Gasteiger partial charge >= 0.3 is 0 Å². The number of phenolic OH excluding ortho intramolecular Hbond substituents is 1. The van der Waals surface area contributed by atoms with Crippen LogP contribution in [0.25, 0.3) is 5.57 Å². The SMILES string of the molecule is Oc1cccc(C2=CCCc3ccccc32)c1. The van der Waals surface area contributed by atoms with E-state index in [9.17, 15) is 5.11 Å². The molecule has 0 spiro atoms. The van der Waals surface area contributed by atoms with Gasteiger partial charge in [0, 0.05) is 0 Å². The number of hydrogen-bond donors (Lipinski definition) is 1. The summed E-state index contributed by atoms with van der Waals surface area (Å²) in [7, 11) is 0. The lowest BCUT2D eigenvalue weighted by Crippen LogP contribution is -2.00. The number of rotatable bonds is 1. The summed E-state index contributed by atoms with van der Waals surface area (Å²) >= 11 is 0. The third kappa shape index (κ3) is 1.84. The summed E-state index contributed by atoms with van der Waals surface area (Å²) in [4.78, 5) is 0. The highest BCUT2D eigenvalue weighted by Crippen LogP contribution is 2.32. The molecule has 1 aliphatic carbocycles. The first kappa shape index (κ1) is 10.2. The van der Waals surface area contributed by atoms with E-state index in [1.165, 1.54) is 16.7 Å². The lowest BCUT2D eigenvalue weighted by molar-refractivity contribution is 0.475. The molecule has 1 N–H and O–H groups in total. The minimum Gasteiger partial charge on any atom is -0.508 e. The molecule has 2 aromatic carbocycles. The maximum Gasteiger partial charge on any atom is 0.116 e. The highest BCUT2D eigenvalue weighted by Gasteiger charge is 2.13. The van der Waals surface area contributed by atoms with Crippen molar-refractivity contribution < 1.29 is 5.11 Å². The Morgan fingerprint density at radius 1 is 0.941 bits per heavy atom. The molecule has 0 aromatic heterocycles. The first-order valence-corrected chi connectivity index (χ1v) is 5.92. The van der Waals surface area contributed by atoms with Crippen molar-refractivity contribution in [3.63, 3.8) is 0 Å². The van der Waals surface area contributed by atoms with E-state index in [4.69, 9.17) is 0 Å². The van der Waals surface area contributed by atoms with Crippen molar-refractivity contribution in [3.05, 3.63) is 71.3 Å². The summed E-state index contributed by atoms with van der Waals surface area (Å²) < 4.78 is 0. The zero-order valence-electron chi connectivity index (χ0n) is 9.56. The number of aromatic hydroxyl groups is 1. The molecule has 0 aliphatic heterocycles. The predicted octanol–water partition coefficient (Wildman–Crippen LogP) is 3.77. The molecule has 0 atom stereocenters. The van der Waals surface area contributed by atoms with Gasteiger partial charge in [-0.25, -0.2) is 0 Å². The van der Waals surface area contributed by atoms with E-state index in [-0.39, 0.29) is 0 Å². The van der Waals surface area contributed by atoms with Crippen LogP contribution in [-0.2, 0) is 6.42 Å². The molecule has 0 saturated heterocycles. The number of aryl methyl sites for hydroxylation is 1. The van der Waals surface area contributed by atoms with Gasteiger partial charge in [-0.05, 0) is 47.2 Å². The topological polar surface area (TPSA) is 20.2 Å². The second-order valence-electron chi connectivity index (χ2n) is 4.36. The Balaban J connectivity index is 2.13. The minimum atomic E-state index is 0.325. The fraction of sp³-hybridized carbons (Fsp3) is 0.125. The van der Waals surface area contributed by atoms with Crippen LogP contribution in [0.2, 0.25) is 0 Å². The van der Waals surface area contributed by atoms with Crippen LogP contribution in [0.3, 0.4) is 0 Å². The van der Waals surface area contributed by atoms with Crippen molar-refractivity contribution in [2.75, 3.05) is 0 Å². The lowest BCUT2D eigenvalue weighted by Gasteiger charge is -2.18. The second kappa shape index (κ2) is 4.10. The first-order valence-electron chi connectivity index (χ1n) is 5.92. The summed E-state index contributed by atoms with van der Waals surface area (Å²) in [5.74, 6) is 0.325. The van der Waals surface area contributed by atoms with Gasteiger partial charge in [0.15, 0.2) is 0 Å². The Hall–Kier alpha value is -2.02. The molecule has 1 aliphatic rings. The van der Waals surface area contributed by atoms with Gasteiger partial charge < -0.3 is 5.11 Å². The summed E-state index contributed by atoms with van der Waals surface area (Å²) in [6.45, 7) is 0. The fourth-order valence-corrected chi connectivity index (χ4v) is 2.43. The van der Waals surface area contributed by atoms with E-state index in [2.05, 4.69) is 30.3 Å². The summed E-state index contributed by atoms with van der Waals surface area (Å²) in [5, 5.41) is 9.56. The van der Waals surface area contributed by atoms with Gasteiger partial charge in [0.05, 0.1) is 0 Å². The van der Waals surface area contributed by atoms with E-state index >= 15 is 0 Å². The van der Waals surface area contributed by atoms with Gasteiger partial charge in [-0.15, -0.1) is 0 Å². The number of benzene rings is 2. The molecule has 3 rings (SSSR count). The summed E-state index contributed by atoms with van der Waals surface area (Å²) in [6.07, 6.45) is 4.44. The highest BCUT2D eigenvalue weighted by molar-refractivity contribution is 5.82. The molecular weight excluding hydrogens is 208 g/mol. The van der Waals surface area contributed by atoms with E-state index in [0.29, 0.717) is 5.75 Å². The molecule has 1 heteroatoms. The van der Waals surface area contributed by atoms with Gasteiger partial charge in [-0.1, -0.05) is 42.5 Å². The zero-order valence-corrected chi connectivity index (χ0v) is 9.56. The predicted molar refractivity (Wildman–Crippen MR) is 69.9 cm³/mol. The Labute approximate surface area is 101 Å². The van der Waals surface area contributed by atoms with Crippen LogP contribution in [0.15, 0.2) is 54.6 Å². The standard InChI is InChI=1S/C16H14O/c17-14-8-3-7-13(11-14)16-10-4-6-12-5-1-2-9-15(12)16/h1-3,5,7-11,17H,4,6H2. The average Bonchev–Trinajstić information content (AvgIpc) is 2.38. The molecular formula is C16H14O. The Kier molecular flexibility index (Phi) is 2.45. The smallest absolute Gasteiger partial charge is 0.116 e. The second-order valence-corrected chi connectivity index (χ2v) is 4.36. The normalized spacial score (nSPS) is 14.0. The molecule has 0 fully saturated rings. The van der Waals surface area contributed by atoms with Crippen molar-refractivity contribution in [3.8, 4) is 5.75 Å². The molecule has 0 saturated carbocycles. The number of hydrogen-bond acceptors (Lipinski definition) is 1.